The van der Waals surface area contributed by atoms with Crippen LogP contribution in [-0.2, 0) is 29.7 Å². The standard InChI is InChI=1S/C31H37FN6O/c1-21-15-37(26(14-34-21)17-36-16-24-5-4-10-33-27(24)18-36)19-29(39)38-20-31(2,3)30-28(38)12-23(13-35-30)11-22-6-8-25(32)9-7-22/h4-10,12-13,21,26,34H,11,14-20H2,1-3H3/t21-,26-/m1/s1. The van der Waals surface area contributed by atoms with Gasteiger partial charge in [0.1, 0.15) is 5.82 Å². The number of amides is 1. The first-order valence-electron chi connectivity index (χ1n) is 13.9. The number of anilines is 1. The van der Waals surface area contributed by atoms with Crippen molar-refractivity contribution in [2.24, 2.45) is 0 Å². The Kier molecular flexibility index (Phi) is 6.95. The average Bonchev–Trinajstić information content (AvgIpc) is 3.44. The zero-order valence-electron chi connectivity index (χ0n) is 23.0. The zero-order valence-corrected chi connectivity index (χ0v) is 23.0. The van der Waals surface area contributed by atoms with Crippen molar-refractivity contribution < 1.29 is 9.18 Å². The second-order valence-corrected chi connectivity index (χ2v) is 12.0. The Hall–Kier alpha value is -3.20. The maximum atomic E-state index is 13.9. The van der Waals surface area contributed by atoms with Gasteiger partial charge in [-0.15, -0.1) is 0 Å². The van der Waals surface area contributed by atoms with Gasteiger partial charge in [-0.2, -0.15) is 0 Å². The molecule has 0 aliphatic carbocycles. The minimum Gasteiger partial charge on any atom is -0.311 e. The number of nitrogens with one attached hydrogen (secondary N) is 1. The summed E-state index contributed by atoms with van der Waals surface area (Å²) < 4.78 is 13.4. The predicted octanol–water partition coefficient (Wildman–Crippen LogP) is 3.51. The Morgan fingerprint density at radius 3 is 2.74 bits per heavy atom. The molecule has 39 heavy (non-hydrogen) atoms. The number of pyridine rings is 2. The first kappa shape index (κ1) is 26.0. The zero-order chi connectivity index (χ0) is 27.1. The third-order valence-electron chi connectivity index (χ3n) is 8.32. The lowest BCUT2D eigenvalue weighted by molar-refractivity contribution is -0.120. The molecule has 0 bridgehead atoms. The molecule has 5 heterocycles. The van der Waals surface area contributed by atoms with Crippen LogP contribution in [0.2, 0.25) is 0 Å². The number of carbonyl (C=O) groups excluding carboxylic acids is 1. The van der Waals surface area contributed by atoms with Crippen LogP contribution in [-0.4, -0.2) is 70.5 Å². The van der Waals surface area contributed by atoms with E-state index in [1.165, 1.54) is 17.7 Å². The quantitative estimate of drug-likeness (QED) is 0.529. The van der Waals surface area contributed by atoms with Crippen molar-refractivity contribution >= 4 is 11.6 Å². The van der Waals surface area contributed by atoms with Gasteiger partial charge < -0.3 is 10.2 Å². The molecule has 1 N–H and O–H groups in total. The Balaban J connectivity index is 1.18. The number of benzene rings is 1. The first-order chi connectivity index (χ1) is 18.7. The van der Waals surface area contributed by atoms with Crippen molar-refractivity contribution in [3.8, 4) is 0 Å². The summed E-state index contributed by atoms with van der Waals surface area (Å²) >= 11 is 0. The highest BCUT2D eigenvalue weighted by Gasteiger charge is 2.41. The van der Waals surface area contributed by atoms with E-state index in [2.05, 4.69) is 53.0 Å². The second kappa shape index (κ2) is 10.4. The molecular formula is C31H37FN6O. The monoisotopic (exact) mass is 528 g/mol. The van der Waals surface area contributed by atoms with Crippen LogP contribution in [0.1, 0.15) is 48.8 Å². The van der Waals surface area contributed by atoms with Gasteiger partial charge in [-0.25, -0.2) is 4.39 Å². The maximum absolute atomic E-state index is 13.9. The van der Waals surface area contributed by atoms with E-state index >= 15 is 0 Å². The number of halogens is 1. The highest BCUT2D eigenvalue weighted by molar-refractivity contribution is 5.97. The lowest BCUT2D eigenvalue weighted by Crippen LogP contribution is -2.60. The van der Waals surface area contributed by atoms with Gasteiger partial charge in [-0.1, -0.05) is 32.0 Å². The van der Waals surface area contributed by atoms with Crippen LogP contribution >= 0.6 is 0 Å². The third-order valence-corrected chi connectivity index (χ3v) is 8.32. The molecule has 6 rings (SSSR count). The molecule has 1 aromatic carbocycles. The third kappa shape index (κ3) is 5.46. The number of fused-ring (bicyclic) bond motifs is 2. The van der Waals surface area contributed by atoms with Gasteiger partial charge in [-0.05, 0) is 54.3 Å². The minimum atomic E-state index is -0.240. The second-order valence-electron chi connectivity index (χ2n) is 12.0. The van der Waals surface area contributed by atoms with E-state index in [1.54, 1.807) is 12.1 Å². The maximum Gasteiger partial charge on any atom is 0.241 e. The van der Waals surface area contributed by atoms with Crippen LogP contribution in [0.5, 0.6) is 0 Å². The number of piperazine rings is 1. The van der Waals surface area contributed by atoms with E-state index in [4.69, 9.17) is 4.98 Å². The van der Waals surface area contributed by atoms with Crippen LogP contribution in [0.4, 0.5) is 10.1 Å². The number of nitrogens with zero attached hydrogens (tertiary/aromatic N) is 5. The van der Waals surface area contributed by atoms with Gasteiger partial charge in [0.2, 0.25) is 5.91 Å². The highest BCUT2D eigenvalue weighted by atomic mass is 19.1. The van der Waals surface area contributed by atoms with E-state index in [-0.39, 0.29) is 23.2 Å². The molecule has 1 amide bonds. The Labute approximate surface area is 230 Å². The number of aromatic nitrogens is 2. The molecule has 1 fully saturated rings. The van der Waals surface area contributed by atoms with E-state index in [9.17, 15) is 9.18 Å². The summed E-state index contributed by atoms with van der Waals surface area (Å²) in [6, 6.07) is 13.4. The molecule has 204 valence electrons. The van der Waals surface area contributed by atoms with Gasteiger partial charge in [0.05, 0.1) is 23.6 Å². The van der Waals surface area contributed by atoms with Gasteiger partial charge in [0.25, 0.3) is 0 Å². The van der Waals surface area contributed by atoms with Gasteiger partial charge in [-0.3, -0.25) is 24.6 Å². The van der Waals surface area contributed by atoms with Gasteiger partial charge >= 0.3 is 0 Å². The molecule has 2 aromatic heterocycles. The predicted molar refractivity (Wildman–Crippen MR) is 150 cm³/mol. The highest BCUT2D eigenvalue weighted by Crippen LogP contribution is 2.40. The molecule has 0 unspecified atom stereocenters. The molecule has 0 radical (unpaired) electrons. The van der Waals surface area contributed by atoms with Crippen molar-refractivity contribution in [1.82, 2.24) is 25.1 Å². The first-order valence-corrected chi connectivity index (χ1v) is 13.9. The van der Waals surface area contributed by atoms with Crippen LogP contribution in [0, 0.1) is 5.82 Å². The fraction of sp³-hybridized carbons (Fsp3) is 0.452. The molecular weight excluding hydrogens is 491 g/mol. The van der Waals surface area contributed by atoms with E-state index in [0.717, 1.165) is 60.9 Å². The lowest BCUT2D eigenvalue weighted by atomic mass is 9.91. The molecule has 8 heteroatoms. The molecule has 2 atom stereocenters. The molecule has 0 spiro atoms. The van der Waals surface area contributed by atoms with Crippen molar-refractivity contribution in [3.05, 3.63) is 88.8 Å². The Bertz CT molecular complexity index is 1330. The van der Waals surface area contributed by atoms with E-state index in [0.29, 0.717) is 25.6 Å². The average molecular weight is 529 g/mol. The van der Waals surface area contributed by atoms with Crippen LogP contribution in [0.3, 0.4) is 0 Å². The minimum absolute atomic E-state index is 0.119. The summed E-state index contributed by atoms with van der Waals surface area (Å²) in [6.45, 7) is 11.9. The number of hydrogen-bond donors (Lipinski definition) is 1. The van der Waals surface area contributed by atoms with Crippen LogP contribution in [0.25, 0.3) is 0 Å². The van der Waals surface area contributed by atoms with Gasteiger partial charge in [0.15, 0.2) is 0 Å². The number of rotatable bonds is 6. The van der Waals surface area contributed by atoms with Crippen molar-refractivity contribution in [2.75, 3.05) is 37.6 Å². The normalized spacial score (nSPS) is 22.6. The lowest BCUT2D eigenvalue weighted by Gasteiger charge is -2.41. The summed E-state index contributed by atoms with van der Waals surface area (Å²) in [7, 11) is 0. The van der Waals surface area contributed by atoms with Crippen LogP contribution in [0.15, 0.2) is 54.9 Å². The summed E-state index contributed by atoms with van der Waals surface area (Å²) in [5, 5.41) is 3.62. The van der Waals surface area contributed by atoms with Crippen LogP contribution < -0.4 is 10.2 Å². The van der Waals surface area contributed by atoms with E-state index < -0.39 is 0 Å². The molecule has 3 aromatic rings. The largest absolute Gasteiger partial charge is 0.311 e. The van der Waals surface area contributed by atoms with Crippen molar-refractivity contribution in [1.29, 1.82) is 0 Å². The summed E-state index contributed by atoms with van der Waals surface area (Å²) in [5.41, 5.74) is 6.16. The van der Waals surface area contributed by atoms with E-state index in [1.807, 2.05) is 23.4 Å². The van der Waals surface area contributed by atoms with Crippen molar-refractivity contribution in [2.45, 2.75) is 57.8 Å². The van der Waals surface area contributed by atoms with Gasteiger partial charge in [0, 0.05) is 69.2 Å². The Morgan fingerprint density at radius 1 is 1.13 bits per heavy atom. The molecule has 7 nitrogen and oxygen atoms in total. The smallest absolute Gasteiger partial charge is 0.241 e. The topological polar surface area (TPSA) is 64.6 Å². The number of hydrogen-bond acceptors (Lipinski definition) is 6. The summed E-state index contributed by atoms with van der Waals surface area (Å²) in [6.07, 6.45) is 4.41. The molecule has 3 aliphatic heterocycles. The van der Waals surface area contributed by atoms with Crippen molar-refractivity contribution in [3.63, 3.8) is 0 Å². The molecule has 1 saturated heterocycles. The summed E-state index contributed by atoms with van der Waals surface area (Å²) in [5.74, 6) is -0.121. The number of carbonyl (C=O) groups is 1. The fourth-order valence-corrected chi connectivity index (χ4v) is 6.29. The Morgan fingerprint density at radius 2 is 1.95 bits per heavy atom. The molecule has 0 saturated carbocycles. The summed E-state index contributed by atoms with van der Waals surface area (Å²) in [4.78, 5) is 30.0. The SMILES string of the molecule is C[C@@H]1CN(CC(=O)N2CC(C)(C)c3ncc(Cc4ccc(F)cc4)cc32)[C@@H](CN2Cc3cccnc3C2)CN1. The molecule has 3 aliphatic rings. The fourth-order valence-electron chi connectivity index (χ4n) is 6.29.